The molecule has 0 radical (unpaired) electrons. The van der Waals surface area contributed by atoms with Crippen molar-refractivity contribution in [2.75, 3.05) is 0 Å². The maximum atomic E-state index is 2.64. The van der Waals surface area contributed by atoms with E-state index in [-0.39, 0.29) is 0 Å². The van der Waals surface area contributed by atoms with Crippen LogP contribution in [-0.2, 0) is 10.8 Å². The molecule has 1 aromatic heterocycles. The zero-order valence-electron chi connectivity index (χ0n) is 37.3. The van der Waals surface area contributed by atoms with E-state index < -0.39 is 10.8 Å². The molecular formula is C67H43N. The highest BCUT2D eigenvalue weighted by atomic mass is 15.0. The van der Waals surface area contributed by atoms with E-state index in [9.17, 15) is 0 Å². The minimum atomic E-state index is -0.602. The summed E-state index contributed by atoms with van der Waals surface area (Å²) >= 11 is 0. The molecule has 10 aromatic carbocycles. The first-order valence-corrected chi connectivity index (χ1v) is 24.0. The van der Waals surface area contributed by atoms with Gasteiger partial charge >= 0.3 is 0 Å². The minimum Gasteiger partial charge on any atom is -0.309 e. The van der Waals surface area contributed by atoms with Crippen molar-refractivity contribution in [3.63, 3.8) is 0 Å². The lowest BCUT2D eigenvalue weighted by atomic mass is 9.52. The van der Waals surface area contributed by atoms with Crippen molar-refractivity contribution in [3.8, 4) is 22.3 Å². The third-order valence-corrected chi connectivity index (χ3v) is 15.9. The van der Waals surface area contributed by atoms with Gasteiger partial charge in [0, 0.05) is 16.5 Å². The lowest BCUT2D eigenvalue weighted by molar-refractivity contribution is 0.634. The summed E-state index contributed by atoms with van der Waals surface area (Å²) in [4.78, 5) is 0. The molecule has 316 valence electrons. The molecule has 0 bridgehead atoms. The molecule has 2 spiro atoms. The Labute approximate surface area is 395 Å². The van der Waals surface area contributed by atoms with Crippen LogP contribution in [0.2, 0.25) is 0 Å². The first kappa shape index (κ1) is 37.7. The Hall–Kier alpha value is -8.52. The normalized spacial score (nSPS) is 15.5. The lowest BCUT2D eigenvalue weighted by Gasteiger charge is -2.49. The average molecular weight is 862 g/mol. The Bertz CT molecular complexity index is 3950. The molecule has 0 aliphatic heterocycles. The van der Waals surface area contributed by atoms with Crippen molar-refractivity contribution in [3.05, 3.63) is 304 Å². The molecule has 11 aromatic rings. The number of benzene rings is 10. The first-order chi connectivity index (χ1) is 33.7. The van der Waals surface area contributed by atoms with Crippen LogP contribution in [0.4, 0.5) is 0 Å². The molecule has 0 amide bonds. The Balaban J connectivity index is 1.16. The van der Waals surface area contributed by atoms with E-state index in [1.165, 1.54) is 122 Å². The molecule has 0 saturated carbocycles. The standard InChI is InChI=1S/C67H43N/c1-3-19-43(20-4-1)47-35-36-48(44-21-5-2-6-22-44)38-49(37-47)68-64-40-46-24-8-7-23-45(46)39-54(64)55-41-62-63(42-65(55)68)67(58-31-15-11-27-52(58)53-28-12-16-32-59(53)67)61-34-18-17-33-60(61)66(62)56-29-13-9-25-50(56)51-26-10-14-30-57(51)66/h1-35,37-42H,36H2. The minimum absolute atomic E-state index is 0.582. The number of allylic oxidation sites excluding steroid dienone is 6. The highest BCUT2D eigenvalue weighted by molar-refractivity contribution is 6.16. The Morgan fingerprint density at radius 2 is 0.735 bits per heavy atom. The van der Waals surface area contributed by atoms with Gasteiger partial charge in [0.15, 0.2) is 0 Å². The summed E-state index contributed by atoms with van der Waals surface area (Å²) in [5.41, 5.74) is 23.3. The van der Waals surface area contributed by atoms with Gasteiger partial charge in [0.25, 0.3) is 0 Å². The number of fused-ring (bicyclic) bond motifs is 20. The van der Waals surface area contributed by atoms with Crippen molar-refractivity contribution < 1.29 is 0 Å². The first-order valence-electron chi connectivity index (χ1n) is 24.0. The van der Waals surface area contributed by atoms with Crippen LogP contribution in [0.25, 0.3) is 71.7 Å². The molecule has 0 atom stereocenters. The van der Waals surface area contributed by atoms with Crippen LogP contribution in [-0.4, -0.2) is 4.57 Å². The van der Waals surface area contributed by atoms with Crippen LogP contribution in [0.1, 0.15) is 62.1 Å². The van der Waals surface area contributed by atoms with Crippen LogP contribution in [0.3, 0.4) is 0 Å². The Morgan fingerprint density at radius 3 is 1.28 bits per heavy atom. The van der Waals surface area contributed by atoms with Crippen LogP contribution < -0.4 is 0 Å². The fourth-order valence-corrected chi connectivity index (χ4v) is 13.2. The number of hydrogen-bond acceptors (Lipinski definition) is 0. The third kappa shape index (κ3) is 4.85. The van der Waals surface area contributed by atoms with Gasteiger partial charge in [-0.1, -0.05) is 212 Å². The van der Waals surface area contributed by atoms with Crippen LogP contribution in [0, 0.1) is 0 Å². The SMILES string of the molecule is C1=C(c2ccccc2)C=C(n2c3cc4c(cc3c3cc5ccccc5cc32)C2(c3ccccc3-c3ccccc32)c2ccccc2C42c3ccccc3-c3ccccc32)C=C(c2ccccc2)C1. The summed E-state index contributed by atoms with van der Waals surface area (Å²) in [7, 11) is 0. The van der Waals surface area contributed by atoms with Crippen LogP contribution in [0.5, 0.6) is 0 Å². The molecule has 0 fully saturated rings. The van der Waals surface area contributed by atoms with Gasteiger partial charge in [-0.15, -0.1) is 0 Å². The highest BCUT2D eigenvalue weighted by Crippen LogP contribution is 2.68. The molecule has 1 nitrogen and oxygen atoms in total. The molecule has 1 heterocycles. The van der Waals surface area contributed by atoms with Crippen LogP contribution >= 0.6 is 0 Å². The predicted molar refractivity (Wildman–Crippen MR) is 283 cm³/mol. The Kier molecular flexibility index (Phi) is 7.76. The second-order valence-electron chi connectivity index (χ2n) is 19.0. The number of aromatic nitrogens is 1. The zero-order valence-corrected chi connectivity index (χ0v) is 37.3. The maximum absolute atomic E-state index is 2.64. The molecule has 15 rings (SSSR count). The van der Waals surface area contributed by atoms with E-state index in [2.05, 4.69) is 253 Å². The van der Waals surface area contributed by atoms with Gasteiger partial charge < -0.3 is 4.57 Å². The summed E-state index contributed by atoms with van der Waals surface area (Å²) in [6, 6.07) is 87.3. The fourth-order valence-electron chi connectivity index (χ4n) is 13.2. The van der Waals surface area contributed by atoms with Gasteiger partial charge in [0.1, 0.15) is 0 Å². The smallest absolute Gasteiger partial charge is 0.0720 e. The molecule has 1 heteroatoms. The monoisotopic (exact) mass is 861 g/mol. The van der Waals surface area contributed by atoms with Crippen LogP contribution in [0.15, 0.2) is 249 Å². The van der Waals surface area contributed by atoms with E-state index in [1.54, 1.807) is 0 Å². The van der Waals surface area contributed by atoms with Gasteiger partial charge in [-0.05, 0) is 143 Å². The topological polar surface area (TPSA) is 4.93 Å². The summed E-state index contributed by atoms with van der Waals surface area (Å²) in [5, 5.41) is 4.97. The number of hydrogen-bond donors (Lipinski definition) is 0. The summed E-state index contributed by atoms with van der Waals surface area (Å²) in [6.45, 7) is 0. The van der Waals surface area contributed by atoms with E-state index in [1.807, 2.05) is 0 Å². The molecule has 4 aliphatic rings. The van der Waals surface area contributed by atoms with Crippen molar-refractivity contribution in [1.82, 2.24) is 4.57 Å². The predicted octanol–water partition coefficient (Wildman–Crippen LogP) is 16.4. The van der Waals surface area contributed by atoms with E-state index in [4.69, 9.17) is 0 Å². The van der Waals surface area contributed by atoms with Crippen molar-refractivity contribution in [1.29, 1.82) is 0 Å². The maximum Gasteiger partial charge on any atom is 0.0720 e. The highest BCUT2D eigenvalue weighted by Gasteiger charge is 2.59. The van der Waals surface area contributed by atoms with E-state index in [0.29, 0.717) is 0 Å². The molecule has 0 N–H and O–H groups in total. The second kappa shape index (κ2) is 14.0. The second-order valence-corrected chi connectivity index (χ2v) is 19.0. The molecular weight excluding hydrogens is 819 g/mol. The largest absolute Gasteiger partial charge is 0.309 e. The van der Waals surface area contributed by atoms with E-state index >= 15 is 0 Å². The van der Waals surface area contributed by atoms with Gasteiger partial charge in [0.2, 0.25) is 0 Å². The Morgan fingerprint density at radius 1 is 0.324 bits per heavy atom. The fraction of sp³-hybridized carbons (Fsp3) is 0.0448. The quantitative estimate of drug-likeness (QED) is 0.167. The van der Waals surface area contributed by atoms with E-state index in [0.717, 1.165) is 12.1 Å². The zero-order chi connectivity index (χ0) is 44.6. The molecule has 68 heavy (non-hydrogen) atoms. The van der Waals surface area contributed by atoms with Gasteiger partial charge in [-0.3, -0.25) is 0 Å². The summed E-state index contributed by atoms with van der Waals surface area (Å²) in [5.74, 6) is 0. The van der Waals surface area contributed by atoms with Gasteiger partial charge in [-0.25, -0.2) is 0 Å². The molecule has 4 aliphatic carbocycles. The average Bonchev–Trinajstić information content (AvgIpc) is 3.91. The summed E-state index contributed by atoms with van der Waals surface area (Å²) < 4.78 is 2.60. The van der Waals surface area contributed by atoms with Gasteiger partial charge in [0.05, 0.1) is 21.9 Å². The lowest BCUT2D eigenvalue weighted by Crippen LogP contribution is -2.43. The number of nitrogens with zero attached hydrogens (tertiary/aromatic N) is 1. The van der Waals surface area contributed by atoms with Crippen molar-refractivity contribution in [2.45, 2.75) is 17.3 Å². The van der Waals surface area contributed by atoms with Crippen molar-refractivity contribution in [2.24, 2.45) is 0 Å². The summed E-state index contributed by atoms with van der Waals surface area (Å²) in [6.07, 6.45) is 8.14. The molecule has 0 saturated heterocycles. The van der Waals surface area contributed by atoms with Crippen molar-refractivity contribution >= 4 is 49.4 Å². The van der Waals surface area contributed by atoms with Gasteiger partial charge in [-0.2, -0.15) is 0 Å². The number of rotatable bonds is 3. The molecule has 0 unspecified atom stereocenters. The third-order valence-electron chi connectivity index (χ3n) is 15.9.